The lowest BCUT2D eigenvalue weighted by molar-refractivity contribution is -0.129. The van der Waals surface area contributed by atoms with Gasteiger partial charge in [0.05, 0.1) is 11.6 Å². The SMILES string of the molecule is CC(=O)N(C)[C@@H]1CCN(c2cc(C)c3ccc(Cl)cc3n2)C1. The summed E-state index contributed by atoms with van der Waals surface area (Å²) in [6, 6.07) is 8.19. The summed E-state index contributed by atoms with van der Waals surface area (Å²) in [5.74, 6) is 1.08. The Morgan fingerprint density at radius 1 is 1.41 bits per heavy atom. The van der Waals surface area contributed by atoms with Gasteiger partial charge in [0.15, 0.2) is 0 Å². The number of likely N-dealkylation sites (N-methyl/N-ethyl adjacent to an activating group) is 1. The molecule has 1 atom stereocenters. The molecule has 1 aromatic heterocycles. The molecule has 2 heterocycles. The van der Waals surface area contributed by atoms with E-state index in [1.807, 2.05) is 30.1 Å². The van der Waals surface area contributed by atoms with E-state index in [2.05, 4.69) is 17.9 Å². The van der Waals surface area contributed by atoms with Crippen molar-refractivity contribution in [2.24, 2.45) is 0 Å². The zero-order chi connectivity index (χ0) is 15.9. The molecular formula is C17H20ClN3O. The molecular weight excluding hydrogens is 298 g/mol. The third kappa shape index (κ3) is 2.75. The maximum absolute atomic E-state index is 11.5. The minimum Gasteiger partial charge on any atom is -0.354 e. The smallest absolute Gasteiger partial charge is 0.219 e. The second kappa shape index (κ2) is 5.76. The Labute approximate surface area is 135 Å². The van der Waals surface area contributed by atoms with E-state index in [-0.39, 0.29) is 11.9 Å². The first-order valence-electron chi connectivity index (χ1n) is 7.51. The summed E-state index contributed by atoms with van der Waals surface area (Å²) in [5, 5.41) is 1.83. The minimum absolute atomic E-state index is 0.112. The fourth-order valence-electron chi connectivity index (χ4n) is 3.04. The molecule has 1 aliphatic heterocycles. The van der Waals surface area contributed by atoms with Crippen molar-refractivity contribution in [2.75, 3.05) is 25.0 Å². The number of benzene rings is 1. The zero-order valence-corrected chi connectivity index (χ0v) is 13.9. The van der Waals surface area contributed by atoms with Gasteiger partial charge in [-0.05, 0) is 37.1 Å². The molecule has 0 saturated carbocycles. The number of anilines is 1. The minimum atomic E-state index is 0.112. The van der Waals surface area contributed by atoms with E-state index in [0.717, 1.165) is 36.2 Å². The van der Waals surface area contributed by atoms with Gasteiger partial charge in [-0.3, -0.25) is 4.79 Å². The van der Waals surface area contributed by atoms with Gasteiger partial charge in [-0.2, -0.15) is 0 Å². The fraction of sp³-hybridized carbons (Fsp3) is 0.412. The monoisotopic (exact) mass is 317 g/mol. The van der Waals surface area contributed by atoms with Crippen molar-refractivity contribution in [1.29, 1.82) is 0 Å². The highest BCUT2D eigenvalue weighted by molar-refractivity contribution is 6.31. The maximum atomic E-state index is 11.5. The average molecular weight is 318 g/mol. The van der Waals surface area contributed by atoms with Crippen LogP contribution in [0.25, 0.3) is 10.9 Å². The highest BCUT2D eigenvalue weighted by atomic mass is 35.5. The standard InChI is InChI=1S/C17H20ClN3O/c1-11-8-17(19-16-9-13(18)4-5-15(11)16)21-7-6-14(10-21)20(3)12(2)22/h4-5,8-9,14H,6-7,10H2,1-3H3/t14-/m1/s1. The van der Waals surface area contributed by atoms with Gasteiger partial charge in [-0.1, -0.05) is 17.7 Å². The molecule has 0 spiro atoms. The number of aromatic nitrogens is 1. The molecule has 0 bridgehead atoms. The third-order valence-corrected chi connectivity index (χ3v) is 4.73. The van der Waals surface area contributed by atoms with Crippen LogP contribution in [0.3, 0.4) is 0 Å². The number of pyridine rings is 1. The van der Waals surface area contributed by atoms with Crippen LogP contribution >= 0.6 is 11.6 Å². The number of carbonyl (C=O) groups is 1. The number of carbonyl (C=O) groups excluding carboxylic acids is 1. The van der Waals surface area contributed by atoms with Crippen LogP contribution in [0.4, 0.5) is 5.82 Å². The van der Waals surface area contributed by atoms with Crippen LogP contribution in [0, 0.1) is 6.92 Å². The van der Waals surface area contributed by atoms with E-state index in [4.69, 9.17) is 16.6 Å². The Hall–Kier alpha value is -1.81. The topological polar surface area (TPSA) is 36.4 Å². The van der Waals surface area contributed by atoms with E-state index in [0.29, 0.717) is 5.02 Å². The number of fused-ring (bicyclic) bond motifs is 1. The van der Waals surface area contributed by atoms with E-state index >= 15 is 0 Å². The molecule has 0 N–H and O–H groups in total. The lowest BCUT2D eigenvalue weighted by Gasteiger charge is -2.24. The van der Waals surface area contributed by atoms with Gasteiger partial charge in [0.2, 0.25) is 5.91 Å². The summed E-state index contributed by atoms with van der Waals surface area (Å²) in [5.41, 5.74) is 2.12. The van der Waals surface area contributed by atoms with Gasteiger partial charge in [0.1, 0.15) is 5.82 Å². The van der Waals surface area contributed by atoms with Gasteiger partial charge >= 0.3 is 0 Å². The highest BCUT2D eigenvalue weighted by Crippen LogP contribution is 2.27. The number of aryl methyl sites for hydroxylation is 1. The Morgan fingerprint density at radius 2 is 2.18 bits per heavy atom. The second-order valence-corrected chi connectivity index (χ2v) is 6.41. The lowest BCUT2D eigenvalue weighted by Crippen LogP contribution is -2.37. The van der Waals surface area contributed by atoms with Crippen molar-refractivity contribution in [3.63, 3.8) is 0 Å². The number of hydrogen-bond acceptors (Lipinski definition) is 3. The molecule has 2 aromatic rings. The molecule has 1 amide bonds. The Balaban J connectivity index is 1.90. The van der Waals surface area contributed by atoms with Gasteiger partial charge < -0.3 is 9.80 Å². The van der Waals surface area contributed by atoms with Crippen LogP contribution in [-0.4, -0.2) is 42.0 Å². The average Bonchev–Trinajstić information content (AvgIpc) is 2.95. The second-order valence-electron chi connectivity index (χ2n) is 5.98. The molecule has 1 fully saturated rings. The number of halogens is 1. The summed E-state index contributed by atoms with van der Waals surface area (Å²) < 4.78 is 0. The first-order chi connectivity index (χ1) is 10.5. The van der Waals surface area contributed by atoms with Crippen LogP contribution < -0.4 is 4.90 Å². The van der Waals surface area contributed by atoms with Gasteiger partial charge in [0.25, 0.3) is 0 Å². The van der Waals surface area contributed by atoms with E-state index in [1.54, 1.807) is 6.92 Å². The van der Waals surface area contributed by atoms with Crippen molar-refractivity contribution < 1.29 is 4.79 Å². The normalized spacial score (nSPS) is 18.0. The molecule has 0 radical (unpaired) electrons. The van der Waals surface area contributed by atoms with Crippen LogP contribution in [-0.2, 0) is 4.79 Å². The largest absolute Gasteiger partial charge is 0.354 e. The molecule has 0 unspecified atom stereocenters. The predicted molar refractivity (Wildman–Crippen MR) is 90.6 cm³/mol. The molecule has 1 aromatic carbocycles. The van der Waals surface area contributed by atoms with Gasteiger partial charge in [-0.15, -0.1) is 0 Å². The van der Waals surface area contributed by atoms with E-state index in [1.165, 1.54) is 5.56 Å². The molecule has 0 aliphatic carbocycles. The van der Waals surface area contributed by atoms with Crippen molar-refractivity contribution in [2.45, 2.75) is 26.3 Å². The Bertz CT molecular complexity index is 731. The lowest BCUT2D eigenvalue weighted by atomic mass is 10.1. The first-order valence-corrected chi connectivity index (χ1v) is 7.89. The molecule has 5 heteroatoms. The van der Waals surface area contributed by atoms with Crippen molar-refractivity contribution in [3.8, 4) is 0 Å². The molecule has 22 heavy (non-hydrogen) atoms. The Morgan fingerprint density at radius 3 is 2.91 bits per heavy atom. The Kier molecular flexibility index (Phi) is 3.96. The summed E-state index contributed by atoms with van der Waals surface area (Å²) in [6.45, 7) is 5.45. The number of nitrogens with zero attached hydrogens (tertiary/aromatic N) is 3. The van der Waals surface area contributed by atoms with Crippen LogP contribution in [0.2, 0.25) is 5.02 Å². The number of rotatable bonds is 2. The third-order valence-electron chi connectivity index (χ3n) is 4.50. The fourth-order valence-corrected chi connectivity index (χ4v) is 3.21. The number of amides is 1. The van der Waals surface area contributed by atoms with Crippen LogP contribution in [0.5, 0.6) is 0 Å². The summed E-state index contributed by atoms with van der Waals surface area (Å²) in [4.78, 5) is 20.3. The summed E-state index contributed by atoms with van der Waals surface area (Å²) in [6.07, 6.45) is 0.977. The summed E-state index contributed by atoms with van der Waals surface area (Å²) in [7, 11) is 1.87. The highest BCUT2D eigenvalue weighted by Gasteiger charge is 2.28. The zero-order valence-electron chi connectivity index (χ0n) is 13.1. The van der Waals surface area contributed by atoms with Gasteiger partial charge in [-0.25, -0.2) is 4.98 Å². The number of hydrogen-bond donors (Lipinski definition) is 0. The molecule has 3 rings (SSSR count). The van der Waals surface area contributed by atoms with Crippen molar-refractivity contribution >= 4 is 34.2 Å². The van der Waals surface area contributed by atoms with Crippen LogP contribution in [0.1, 0.15) is 18.9 Å². The van der Waals surface area contributed by atoms with Crippen molar-refractivity contribution in [3.05, 3.63) is 34.9 Å². The molecule has 1 saturated heterocycles. The predicted octanol–water partition coefficient (Wildman–Crippen LogP) is 3.25. The van der Waals surface area contributed by atoms with E-state index < -0.39 is 0 Å². The quantitative estimate of drug-likeness (QED) is 0.853. The van der Waals surface area contributed by atoms with E-state index in [9.17, 15) is 4.79 Å². The van der Waals surface area contributed by atoms with Crippen LogP contribution in [0.15, 0.2) is 24.3 Å². The molecule has 1 aliphatic rings. The van der Waals surface area contributed by atoms with Gasteiger partial charge in [0, 0.05) is 37.5 Å². The molecule has 116 valence electrons. The van der Waals surface area contributed by atoms with Crippen molar-refractivity contribution in [1.82, 2.24) is 9.88 Å². The maximum Gasteiger partial charge on any atom is 0.219 e. The first kappa shape index (κ1) is 15.1. The molecule has 4 nitrogen and oxygen atoms in total. The summed E-state index contributed by atoms with van der Waals surface area (Å²) >= 11 is 6.08.